The minimum Gasteiger partial charge on any atom is -0.326 e. The third-order valence-electron chi connectivity index (χ3n) is 4.02. The van der Waals surface area contributed by atoms with Crippen molar-refractivity contribution in [1.29, 1.82) is 0 Å². The van der Waals surface area contributed by atoms with Crippen LogP contribution in [0.1, 0.15) is 31.4 Å². The highest BCUT2D eigenvalue weighted by atomic mass is 16.1. The Morgan fingerprint density at radius 3 is 2.75 bits per heavy atom. The highest BCUT2D eigenvalue weighted by molar-refractivity contribution is 5.92. The number of aromatic nitrogens is 2. The number of amides is 1. The molecule has 0 spiro atoms. The summed E-state index contributed by atoms with van der Waals surface area (Å²) in [6.45, 7) is 8.15. The van der Waals surface area contributed by atoms with Crippen LogP contribution < -0.4 is 5.32 Å². The number of carbonyl (C=O) groups excluding carboxylic acids is 1. The lowest BCUT2D eigenvalue weighted by atomic mass is 10.1. The number of aryl methyl sites for hydroxylation is 2. The average molecular weight is 321 g/mol. The van der Waals surface area contributed by atoms with Gasteiger partial charge in [-0.05, 0) is 49.1 Å². The molecule has 1 aromatic carbocycles. The Morgan fingerprint density at radius 1 is 1.21 bits per heavy atom. The summed E-state index contributed by atoms with van der Waals surface area (Å²) in [4.78, 5) is 16.8. The van der Waals surface area contributed by atoms with Crippen LogP contribution in [0.3, 0.4) is 0 Å². The van der Waals surface area contributed by atoms with Crippen molar-refractivity contribution < 1.29 is 4.79 Å². The molecule has 0 bridgehead atoms. The van der Waals surface area contributed by atoms with E-state index in [4.69, 9.17) is 4.98 Å². The molecule has 3 aromatic rings. The van der Waals surface area contributed by atoms with Gasteiger partial charge in [0.15, 0.2) is 0 Å². The molecule has 24 heavy (non-hydrogen) atoms. The molecule has 0 saturated heterocycles. The van der Waals surface area contributed by atoms with Gasteiger partial charge in [-0.2, -0.15) is 0 Å². The third kappa shape index (κ3) is 3.48. The second kappa shape index (κ2) is 6.48. The molecule has 0 saturated carbocycles. The van der Waals surface area contributed by atoms with E-state index in [1.165, 1.54) is 5.56 Å². The van der Waals surface area contributed by atoms with Crippen molar-refractivity contribution in [3.63, 3.8) is 0 Å². The number of carbonyl (C=O) groups is 1. The van der Waals surface area contributed by atoms with Gasteiger partial charge in [-0.25, -0.2) is 4.98 Å². The minimum atomic E-state index is 0.0517. The summed E-state index contributed by atoms with van der Waals surface area (Å²) in [5.74, 6) is 0.394. The summed E-state index contributed by atoms with van der Waals surface area (Å²) >= 11 is 0. The smallest absolute Gasteiger partial charge is 0.224 e. The van der Waals surface area contributed by atoms with Crippen LogP contribution in [0.5, 0.6) is 0 Å². The number of benzene rings is 1. The zero-order valence-electron chi connectivity index (χ0n) is 14.6. The van der Waals surface area contributed by atoms with E-state index >= 15 is 0 Å². The fourth-order valence-corrected chi connectivity index (χ4v) is 2.71. The first-order valence-corrected chi connectivity index (χ1v) is 8.28. The van der Waals surface area contributed by atoms with Crippen molar-refractivity contribution in [3.8, 4) is 11.3 Å². The van der Waals surface area contributed by atoms with E-state index < -0.39 is 0 Å². The van der Waals surface area contributed by atoms with E-state index in [0.717, 1.165) is 28.2 Å². The molecule has 1 N–H and O–H groups in total. The Bertz CT molecular complexity index is 893. The molecular formula is C20H23N3O. The molecule has 0 aliphatic rings. The van der Waals surface area contributed by atoms with E-state index in [2.05, 4.69) is 24.4 Å². The standard InChI is InChI=1S/C20H23N3O/c1-13(2)9-20(24)22-17-11-16(6-5-15(17)4)18-12-23-8-7-14(3)10-19(23)21-18/h5-8,10-13H,9H2,1-4H3,(H,22,24). The van der Waals surface area contributed by atoms with E-state index in [1.807, 2.05) is 55.8 Å². The highest BCUT2D eigenvalue weighted by Crippen LogP contribution is 2.25. The van der Waals surface area contributed by atoms with Crippen molar-refractivity contribution in [3.05, 3.63) is 53.9 Å². The molecule has 0 unspecified atom stereocenters. The van der Waals surface area contributed by atoms with Crippen LogP contribution in [0, 0.1) is 19.8 Å². The predicted octanol–water partition coefficient (Wildman–Crippen LogP) is 4.60. The number of anilines is 1. The van der Waals surface area contributed by atoms with Crippen molar-refractivity contribution >= 4 is 17.2 Å². The van der Waals surface area contributed by atoms with E-state index in [-0.39, 0.29) is 5.91 Å². The number of hydrogen-bond acceptors (Lipinski definition) is 2. The lowest BCUT2D eigenvalue weighted by molar-refractivity contribution is -0.116. The van der Waals surface area contributed by atoms with E-state index in [9.17, 15) is 4.79 Å². The van der Waals surface area contributed by atoms with Crippen LogP contribution in [-0.2, 0) is 4.79 Å². The predicted molar refractivity (Wildman–Crippen MR) is 98.2 cm³/mol. The molecule has 0 aliphatic carbocycles. The number of nitrogens with zero attached hydrogens (tertiary/aromatic N) is 2. The van der Waals surface area contributed by atoms with Gasteiger partial charge < -0.3 is 9.72 Å². The number of fused-ring (bicyclic) bond motifs is 1. The first-order valence-electron chi connectivity index (χ1n) is 8.28. The zero-order chi connectivity index (χ0) is 17.3. The van der Waals surface area contributed by atoms with Gasteiger partial charge in [0, 0.05) is 30.1 Å². The molecule has 0 atom stereocenters. The Kier molecular flexibility index (Phi) is 4.38. The monoisotopic (exact) mass is 321 g/mol. The van der Waals surface area contributed by atoms with E-state index in [1.54, 1.807) is 0 Å². The maximum atomic E-state index is 12.1. The molecule has 0 aliphatic heterocycles. The molecule has 4 heteroatoms. The maximum Gasteiger partial charge on any atom is 0.224 e. The summed E-state index contributed by atoms with van der Waals surface area (Å²) in [6, 6.07) is 10.2. The third-order valence-corrected chi connectivity index (χ3v) is 4.02. The van der Waals surface area contributed by atoms with Gasteiger partial charge in [-0.3, -0.25) is 4.79 Å². The Hall–Kier alpha value is -2.62. The van der Waals surface area contributed by atoms with Crippen molar-refractivity contribution in [2.24, 2.45) is 5.92 Å². The van der Waals surface area contributed by atoms with Gasteiger partial charge in [0.25, 0.3) is 0 Å². The zero-order valence-corrected chi connectivity index (χ0v) is 14.6. The van der Waals surface area contributed by atoms with Gasteiger partial charge in [0.2, 0.25) is 5.91 Å². The lowest BCUT2D eigenvalue weighted by Gasteiger charge is -2.11. The number of pyridine rings is 1. The molecule has 3 rings (SSSR count). The first kappa shape index (κ1) is 16.2. The molecule has 2 heterocycles. The molecule has 0 fully saturated rings. The molecule has 4 nitrogen and oxygen atoms in total. The van der Waals surface area contributed by atoms with Crippen LogP contribution in [0.4, 0.5) is 5.69 Å². The molecular weight excluding hydrogens is 298 g/mol. The lowest BCUT2D eigenvalue weighted by Crippen LogP contribution is -2.14. The fraction of sp³-hybridized carbons (Fsp3) is 0.300. The van der Waals surface area contributed by atoms with Crippen molar-refractivity contribution in [2.75, 3.05) is 5.32 Å². The summed E-state index contributed by atoms with van der Waals surface area (Å²) in [6.07, 6.45) is 4.55. The van der Waals surface area contributed by atoms with Crippen molar-refractivity contribution in [2.45, 2.75) is 34.1 Å². The minimum absolute atomic E-state index is 0.0517. The second-order valence-corrected chi connectivity index (χ2v) is 6.77. The van der Waals surface area contributed by atoms with Crippen LogP contribution in [0.2, 0.25) is 0 Å². The molecule has 124 valence electrons. The van der Waals surface area contributed by atoms with Crippen LogP contribution in [-0.4, -0.2) is 15.3 Å². The van der Waals surface area contributed by atoms with Crippen LogP contribution in [0.25, 0.3) is 16.9 Å². The Balaban J connectivity index is 1.93. The summed E-state index contributed by atoms with van der Waals surface area (Å²) in [5.41, 5.74) is 5.92. The maximum absolute atomic E-state index is 12.1. The number of nitrogens with one attached hydrogen (secondary N) is 1. The number of hydrogen-bond donors (Lipinski definition) is 1. The number of imidazole rings is 1. The van der Waals surface area contributed by atoms with Gasteiger partial charge in [-0.1, -0.05) is 26.0 Å². The van der Waals surface area contributed by atoms with Gasteiger partial charge in [-0.15, -0.1) is 0 Å². The largest absolute Gasteiger partial charge is 0.326 e. The molecule has 1 amide bonds. The summed E-state index contributed by atoms with van der Waals surface area (Å²) < 4.78 is 2.01. The van der Waals surface area contributed by atoms with Crippen molar-refractivity contribution in [1.82, 2.24) is 9.38 Å². The summed E-state index contributed by atoms with van der Waals surface area (Å²) in [7, 11) is 0. The quantitative estimate of drug-likeness (QED) is 0.763. The summed E-state index contributed by atoms with van der Waals surface area (Å²) in [5, 5.41) is 3.02. The van der Waals surface area contributed by atoms with E-state index in [0.29, 0.717) is 12.3 Å². The fourth-order valence-electron chi connectivity index (χ4n) is 2.71. The molecule has 0 radical (unpaired) electrons. The topological polar surface area (TPSA) is 46.4 Å². The van der Waals surface area contributed by atoms with Crippen LogP contribution >= 0.6 is 0 Å². The Morgan fingerprint density at radius 2 is 2.00 bits per heavy atom. The Labute approximate surface area is 142 Å². The van der Waals surface area contributed by atoms with Gasteiger partial charge in [0.1, 0.15) is 5.65 Å². The number of rotatable bonds is 4. The second-order valence-electron chi connectivity index (χ2n) is 6.77. The molecule has 2 aromatic heterocycles. The first-order chi connectivity index (χ1) is 11.4. The highest BCUT2D eigenvalue weighted by Gasteiger charge is 2.10. The SMILES string of the molecule is Cc1ccn2cc(-c3ccc(C)c(NC(=O)CC(C)C)c3)nc2c1. The van der Waals surface area contributed by atoms with Crippen LogP contribution in [0.15, 0.2) is 42.7 Å². The van der Waals surface area contributed by atoms with Gasteiger partial charge in [0.05, 0.1) is 5.69 Å². The van der Waals surface area contributed by atoms with Gasteiger partial charge >= 0.3 is 0 Å². The average Bonchev–Trinajstić information content (AvgIpc) is 2.91. The normalized spacial score (nSPS) is 11.2.